The van der Waals surface area contributed by atoms with Crippen LogP contribution < -0.4 is 29.6 Å². The first-order valence-corrected chi connectivity index (χ1v) is 5.60. The van der Waals surface area contributed by atoms with Crippen LogP contribution in [-0.4, -0.2) is 24.5 Å². The Morgan fingerprint density at radius 3 is 2.00 bits per heavy atom. The number of nitriles is 1. The largest absolute Gasteiger partial charge is 1.00 e. The van der Waals surface area contributed by atoms with Crippen molar-refractivity contribution >= 4 is 22.7 Å². The van der Waals surface area contributed by atoms with Crippen LogP contribution in [-0.2, 0) is 10.1 Å². The van der Waals surface area contributed by atoms with E-state index in [-0.39, 0.29) is 35.3 Å². The van der Waals surface area contributed by atoms with Crippen molar-refractivity contribution in [3.63, 3.8) is 0 Å². The van der Waals surface area contributed by atoms with Crippen LogP contribution in [0.2, 0.25) is 0 Å². The predicted molar refractivity (Wildman–Crippen MR) is 48.9 cm³/mol. The summed E-state index contributed by atoms with van der Waals surface area (Å²) in [4.78, 5) is 0. The molecule has 0 spiro atoms. The summed E-state index contributed by atoms with van der Waals surface area (Å²) < 4.78 is 29.4. The molecule has 0 aromatic heterocycles. The van der Waals surface area contributed by atoms with Gasteiger partial charge >= 0.3 is 29.6 Å². The number of rotatable bonds is 3. The number of hydrogen-bond donors (Lipinski definition) is 1. The van der Waals surface area contributed by atoms with Crippen molar-refractivity contribution in [3.05, 3.63) is 0 Å². The normalized spacial score (nSPS) is 8.77. The van der Waals surface area contributed by atoms with Crippen LogP contribution in [0.1, 0.15) is 19.8 Å². The van der Waals surface area contributed by atoms with Gasteiger partial charge in [0.25, 0.3) is 0 Å². The van der Waals surface area contributed by atoms with Crippen molar-refractivity contribution in [1.82, 2.24) is 0 Å². The second-order valence-electron chi connectivity index (χ2n) is 1.85. The van der Waals surface area contributed by atoms with Crippen LogP contribution in [0.15, 0.2) is 0 Å². The summed E-state index contributed by atoms with van der Waals surface area (Å²) in [5, 5.41) is 7.62. The average Bonchev–Trinajstić information content (AvgIpc) is 2.00. The van der Waals surface area contributed by atoms with E-state index in [1.807, 2.05) is 13.0 Å². The fourth-order valence-corrected chi connectivity index (χ4v) is 1.11. The third kappa shape index (κ3) is 32.3. The van der Waals surface area contributed by atoms with Crippen molar-refractivity contribution in [2.45, 2.75) is 19.8 Å². The summed E-state index contributed by atoms with van der Waals surface area (Å²) in [5.41, 5.74) is 0. The fourth-order valence-electron chi connectivity index (χ4n) is 0.241. The molecule has 4 nitrogen and oxygen atoms in total. The topological polar surface area (TPSA) is 81.0 Å². The van der Waals surface area contributed by atoms with Gasteiger partial charge in [-0.05, 0) is 12.2 Å². The second kappa shape index (κ2) is 12.8. The van der Waals surface area contributed by atoms with E-state index in [0.717, 1.165) is 0 Å². The van der Waals surface area contributed by atoms with Crippen molar-refractivity contribution in [1.29, 1.82) is 5.26 Å². The number of thiol groups is 1. The van der Waals surface area contributed by atoms with E-state index < -0.39 is 10.1 Å². The monoisotopic (exact) mass is 233 g/mol. The summed E-state index contributed by atoms with van der Waals surface area (Å²) in [6.45, 7) is 1.82. The Morgan fingerprint density at radius 1 is 1.54 bits per heavy atom. The Bertz CT molecular complexity index is 223. The maximum absolute atomic E-state index is 9.80. The molecule has 0 N–H and O–H groups in total. The third-order valence-corrected chi connectivity index (χ3v) is 1.82. The maximum Gasteiger partial charge on any atom is 1.00 e. The zero-order valence-electron chi connectivity index (χ0n) is 7.86. The molecule has 0 rings (SSSR count). The van der Waals surface area contributed by atoms with E-state index in [1.165, 1.54) is 0 Å². The molecule has 0 saturated carbocycles. The molecule has 0 aromatic rings. The molecular formula is C6H12NNaO3S2. The first-order chi connectivity index (χ1) is 5.47. The van der Waals surface area contributed by atoms with Gasteiger partial charge in [-0.1, -0.05) is 6.92 Å². The van der Waals surface area contributed by atoms with Gasteiger partial charge < -0.3 is 4.55 Å². The van der Waals surface area contributed by atoms with Gasteiger partial charge in [0.05, 0.1) is 16.2 Å². The van der Waals surface area contributed by atoms with E-state index in [9.17, 15) is 13.0 Å². The van der Waals surface area contributed by atoms with Gasteiger partial charge in [0.15, 0.2) is 0 Å². The summed E-state index contributed by atoms with van der Waals surface area (Å²) in [7, 11) is -3.99. The molecule has 0 atom stereocenters. The molecule has 0 unspecified atom stereocenters. The number of hydrogen-bond acceptors (Lipinski definition) is 5. The first-order valence-electron chi connectivity index (χ1n) is 3.39. The molecular weight excluding hydrogens is 221 g/mol. The van der Waals surface area contributed by atoms with Crippen molar-refractivity contribution < 1.29 is 42.5 Å². The third-order valence-electron chi connectivity index (χ3n) is 0.711. The summed E-state index contributed by atoms with van der Waals surface area (Å²) in [5.74, 6) is 0.151. The maximum atomic E-state index is 9.80. The Kier molecular flexibility index (Phi) is 19.0. The van der Waals surface area contributed by atoms with Gasteiger partial charge in [0, 0.05) is 12.2 Å². The summed E-state index contributed by atoms with van der Waals surface area (Å²) in [6.07, 6.45) is 0.967. The van der Waals surface area contributed by atoms with E-state index >= 15 is 0 Å². The van der Waals surface area contributed by atoms with Crippen LogP contribution in [0.25, 0.3) is 0 Å². The molecule has 0 saturated heterocycles. The van der Waals surface area contributed by atoms with E-state index in [4.69, 9.17) is 5.26 Å². The Labute approximate surface area is 107 Å². The molecule has 13 heavy (non-hydrogen) atoms. The van der Waals surface area contributed by atoms with Crippen LogP contribution in [0.4, 0.5) is 0 Å². The minimum Gasteiger partial charge on any atom is -0.748 e. The molecule has 0 fully saturated rings. The van der Waals surface area contributed by atoms with Gasteiger partial charge in [-0.2, -0.15) is 17.9 Å². The molecule has 72 valence electrons. The molecule has 0 aliphatic heterocycles. The molecule has 0 aliphatic carbocycles. The molecule has 0 aromatic carbocycles. The Hall–Kier alpha value is 0.750. The average molecular weight is 233 g/mol. The zero-order chi connectivity index (χ0) is 10.0. The molecule has 7 heteroatoms. The van der Waals surface area contributed by atoms with Gasteiger partial charge in [-0.15, -0.1) is 0 Å². The van der Waals surface area contributed by atoms with Crippen LogP contribution in [0.3, 0.4) is 0 Å². The SMILES string of the molecule is CCC#N.O=S(=O)([O-])CCCS.[Na+]. The van der Waals surface area contributed by atoms with Crippen molar-refractivity contribution in [2.24, 2.45) is 0 Å². The predicted octanol–water partition coefficient (Wildman–Crippen LogP) is -2.22. The van der Waals surface area contributed by atoms with Crippen molar-refractivity contribution in [3.8, 4) is 6.07 Å². The van der Waals surface area contributed by atoms with Crippen LogP contribution >= 0.6 is 12.6 Å². The molecule has 0 radical (unpaired) electrons. The minimum absolute atomic E-state index is 0. The first kappa shape index (κ1) is 19.3. The fraction of sp³-hybridized carbons (Fsp3) is 0.833. The smallest absolute Gasteiger partial charge is 0.748 e. The molecule has 0 aliphatic rings. The second-order valence-corrected chi connectivity index (χ2v) is 3.82. The minimum atomic E-state index is -3.99. The number of nitrogens with zero attached hydrogens (tertiary/aromatic N) is 1. The standard InChI is InChI=1S/C3H5N.C3H8O3S2.Na/c1-2-3-4;4-8(5,6)3-1-2-7;/h2H2,1H3;7H,1-3H2,(H,4,5,6);/q;;+1/p-1. The van der Waals surface area contributed by atoms with Gasteiger partial charge in [0.2, 0.25) is 0 Å². The quantitative estimate of drug-likeness (QED) is 0.340. The van der Waals surface area contributed by atoms with Gasteiger partial charge in [-0.3, -0.25) is 0 Å². The zero-order valence-corrected chi connectivity index (χ0v) is 11.6. The van der Waals surface area contributed by atoms with Gasteiger partial charge in [0.1, 0.15) is 0 Å². The molecule has 0 bridgehead atoms. The Morgan fingerprint density at radius 2 is 1.92 bits per heavy atom. The van der Waals surface area contributed by atoms with E-state index in [0.29, 0.717) is 18.6 Å². The molecule has 0 amide bonds. The van der Waals surface area contributed by atoms with Gasteiger partial charge in [-0.25, -0.2) is 8.42 Å². The van der Waals surface area contributed by atoms with Crippen LogP contribution in [0.5, 0.6) is 0 Å². The van der Waals surface area contributed by atoms with Crippen LogP contribution in [0, 0.1) is 11.3 Å². The van der Waals surface area contributed by atoms with E-state index in [1.54, 1.807) is 0 Å². The Balaban J connectivity index is -0.000000173. The van der Waals surface area contributed by atoms with Crippen molar-refractivity contribution in [2.75, 3.05) is 11.5 Å². The summed E-state index contributed by atoms with van der Waals surface area (Å²) >= 11 is 3.73. The summed E-state index contributed by atoms with van der Waals surface area (Å²) in [6, 6.07) is 1.93. The van der Waals surface area contributed by atoms with E-state index in [2.05, 4.69) is 12.6 Å². The molecule has 0 heterocycles.